The molecule has 192 valence electrons. The molecule has 2 amide bonds. The molecule has 2 aromatic rings. The second kappa shape index (κ2) is 9.48. The average Bonchev–Trinajstić information content (AvgIpc) is 2.87. The van der Waals surface area contributed by atoms with Crippen molar-refractivity contribution < 1.29 is 19.4 Å². The van der Waals surface area contributed by atoms with E-state index in [-0.39, 0.29) is 29.7 Å². The van der Waals surface area contributed by atoms with E-state index in [0.717, 1.165) is 11.5 Å². The lowest BCUT2D eigenvalue weighted by Crippen LogP contribution is -2.60. The number of aromatic hydroxyl groups is 1. The summed E-state index contributed by atoms with van der Waals surface area (Å²) in [7, 11) is 0. The molecular weight excluding hydrogens is 460 g/mol. The highest BCUT2D eigenvalue weighted by atomic mass is 16.6. The molecule has 10 heteroatoms. The minimum atomic E-state index is -0.524. The highest BCUT2D eigenvalue weighted by Gasteiger charge is 2.38. The second-order valence-electron chi connectivity index (χ2n) is 10.7. The number of nitrogens with one attached hydrogen (secondary N) is 1. The fraction of sp³-hybridized carbons (Fsp3) is 0.538. The van der Waals surface area contributed by atoms with Crippen molar-refractivity contribution in [1.82, 2.24) is 20.0 Å². The second-order valence-corrected chi connectivity index (χ2v) is 10.7. The van der Waals surface area contributed by atoms with E-state index in [1.54, 1.807) is 17.0 Å². The van der Waals surface area contributed by atoms with E-state index in [1.165, 1.54) is 0 Å². The van der Waals surface area contributed by atoms with Crippen molar-refractivity contribution in [3.63, 3.8) is 0 Å². The fourth-order valence-electron chi connectivity index (χ4n) is 5.20. The average molecular weight is 495 g/mol. The van der Waals surface area contributed by atoms with Gasteiger partial charge in [0.1, 0.15) is 11.4 Å². The number of carbonyl (C=O) groups is 2. The zero-order valence-corrected chi connectivity index (χ0v) is 21.1. The third-order valence-corrected chi connectivity index (χ3v) is 7.06. The third-order valence-electron chi connectivity index (χ3n) is 7.06. The fourth-order valence-corrected chi connectivity index (χ4v) is 5.20. The van der Waals surface area contributed by atoms with Crippen LogP contribution in [0.1, 0.15) is 33.6 Å². The number of fused-ring (bicyclic) bond motifs is 3. The highest BCUT2D eigenvalue weighted by Crippen LogP contribution is 2.36. The third kappa shape index (κ3) is 4.89. The van der Waals surface area contributed by atoms with Crippen molar-refractivity contribution in [1.29, 1.82) is 0 Å². The number of piperidine rings is 1. The molecule has 3 aliphatic rings. The van der Waals surface area contributed by atoms with Crippen LogP contribution in [0.3, 0.4) is 0 Å². The molecule has 1 aromatic carbocycles. The van der Waals surface area contributed by atoms with Gasteiger partial charge in [0.15, 0.2) is 5.82 Å². The largest absolute Gasteiger partial charge is 0.507 e. The van der Waals surface area contributed by atoms with Crippen molar-refractivity contribution >= 4 is 23.5 Å². The molecule has 4 heterocycles. The van der Waals surface area contributed by atoms with Crippen LogP contribution >= 0.6 is 0 Å². The molecule has 0 saturated carbocycles. The first-order valence-corrected chi connectivity index (χ1v) is 12.6. The van der Waals surface area contributed by atoms with Gasteiger partial charge in [-0.15, -0.1) is 10.2 Å². The Hall–Kier alpha value is -3.56. The molecule has 3 aliphatic heterocycles. The Bertz CT molecular complexity index is 1140. The number of para-hydroxylation sites is 1. The van der Waals surface area contributed by atoms with Gasteiger partial charge in [-0.05, 0) is 51.8 Å². The quantitative estimate of drug-likeness (QED) is 0.656. The maximum Gasteiger partial charge on any atom is 0.410 e. The molecule has 2 N–H and O–H groups in total. The number of hydrogen-bond acceptors (Lipinski definition) is 8. The molecule has 1 aromatic heterocycles. The summed E-state index contributed by atoms with van der Waals surface area (Å²) < 4.78 is 5.48. The lowest BCUT2D eigenvalue weighted by atomic mass is 9.94. The maximum atomic E-state index is 13.4. The molecule has 0 bridgehead atoms. The summed E-state index contributed by atoms with van der Waals surface area (Å²) >= 11 is 0. The Morgan fingerprint density at radius 2 is 1.81 bits per heavy atom. The number of anilines is 2. The van der Waals surface area contributed by atoms with E-state index in [1.807, 2.05) is 43.9 Å². The minimum Gasteiger partial charge on any atom is -0.507 e. The zero-order chi connectivity index (χ0) is 25.4. The Morgan fingerprint density at radius 1 is 1.06 bits per heavy atom. The first-order valence-electron chi connectivity index (χ1n) is 12.6. The van der Waals surface area contributed by atoms with E-state index < -0.39 is 5.60 Å². The van der Waals surface area contributed by atoms with Gasteiger partial charge in [0.2, 0.25) is 5.91 Å². The molecule has 0 radical (unpaired) electrons. The standard InChI is InChI=1S/C26H34N6O4/c1-26(2,3)36-25(35)30-10-8-17(9-11-30)24(34)31-12-13-32-18(16-31)15-27-23-21(32)14-20(28-29-23)19-6-4-5-7-22(19)33/h4-7,14,17-18,33H,8-13,15-16H2,1-3H3,(H,27,29)/t18-/m0/s1. The van der Waals surface area contributed by atoms with Crippen molar-refractivity contribution in [2.75, 3.05) is 49.5 Å². The number of phenols is 1. The highest BCUT2D eigenvalue weighted by molar-refractivity contribution is 5.81. The number of phenolic OH excluding ortho intramolecular Hbond substituents is 1. The van der Waals surface area contributed by atoms with Gasteiger partial charge < -0.3 is 29.9 Å². The van der Waals surface area contributed by atoms with Gasteiger partial charge in [0.25, 0.3) is 0 Å². The van der Waals surface area contributed by atoms with Crippen LogP contribution in [-0.4, -0.2) is 88.0 Å². The number of likely N-dealkylation sites (tertiary alicyclic amines) is 1. The summed E-state index contributed by atoms with van der Waals surface area (Å²) in [6.07, 6.45) is 1.01. The van der Waals surface area contributed by atoms with Crippen LogP contribution in [0, 0.1) is 5.92 Å². The lowest BCUT2D eigenvalue weighted by molar-refractivity contribution is -0.137. The van der Waals surface area contributed by atoms with Gasteiger partial charge in [-0.2, -0.15) is 0 Å². The predicted octanol–water partition coefficient (Wildman–Crippen LogP) is 2.94. The summed E-state index contributed by atoms with van der Waals surface area (Å²) in [4.78, 5) is 31.7. The molecule has 2 fully saturated rings. The van der Waals surface area contributed by atoms with Gasteiger partial charge in [-0.1, -0.05) is 12.1 Å². The SMILES string of the molecule is CC(C)(C)OC(=O)N1CCC(C(=O)N2CCN3c4cc(-c5ccccc5O)nnc4NC[C@H]3C2)CC1. The predicted molar refractivity (Wildman–Crippen MR) is 136 cm³/mol. The number of carbonyl (C=O) groups excluding carboxylic acids is 2. The number of hydrogen-bond donors (Lipinski definition) is 2. The molecule has 1 atom stereocenters. The summed E-state index contributed by atoms with van der Waals surface area (Å²) in [5, 5.41) is 22.3. The monoisotopic (exact) mass is 494 g/mol. The van der Waals surface area contributed by atoms with Crippen molar-refractivity contribution in [3.8, 4) is 17.0 Å². The van der Waals surface area contributed by atoms with E-state index in [9.17, 15) is 14.7 Å². The van der Waals surface area contributed by atoms with Crippen LogP contribution in [0.25, 0.3) is 11.3 Å². The van der Waals surface area contributed by atoms with Gasteiger partial charge in [0, 0.05) is 50.7 Å². The van der Waals surface area contributed by atoms with Crippen molar-refractivity contribution in [2.24, 2.45) is 5.92 Å². The molecule has 10 nitrogen and oxygen atoms in total. The summed E-state index contributed by atoms with van der Waals surface area (Å²) in [5.41, 5.74) is 1.67. The first kappa shape index (κ1) is 24.1. The maximum absolute atomic E-state index is 13.4. The molecule has 2 saturated heterocycles. The van der Waals surface area contributed by atoms with Gasteiger partial charge in [0.05, 0.1) is 17.4 Å². The summed E-state index contributed by atoms with van der Waals surface area (Å²) in [5.74, 6) is 0.990. The van der Waals surface area contributed by atoms with Crippen molar-refractivity contribution in [3.05, 3.63) is 30.3 Å². The Balaban J connectivity index is 1.22. The number of rotatable bonds is 2. The zero-order valence-electron chi connectivity index (χ0n) is 21.1. The van der Waals surface area contributed by atoms with Crippen LogP contribution in [0.5, 0.6) is 5.75 Å². The number of aromatic nitrogens is 2. The number of nitrogens with zero attached hydrogens (tertiary/aromatic N) is 5. The molecule has 0 unspecified atom stereocenters. The Kier molecular flexibility index (Phi) is 6.36. The number of amides is 2. The van der Waals surface area contributed by atoms with E-state index in [2.05, 4.69) is 20.4 Å². The molecule has 36 heavy (non-hydrogen) atoms. The molecule has 0 spiro atoms. The van der Waals surface area contributed by atoms with Gasteiger partial charge in [-0.3, -0.25) is 4.79 Å². The minimum absolute atomic E-state index is 0.0717. The summed E-state index contributed by atoms with van der Waals surface area (Å²) in [6, 6.07) is 9.18. The van der Waals surface area contributed by atoms with Crippen LogP contribution in [0.4, 0.5) is 16.3 Å². The van der Waals surface area contributed by atoms with E-state index in [4.69, 9.17) is 4.74 Å². The van der Waals surface area contributed by atoms with Crippen LogP contribution in [-0.2, 0) is 9.53 Å². The Labute approximate surface area is 211 Å². The molecular formula is C26H34N6O4. The molecule has 5 rings (SSSR count). The Morgan fingerprint density at radius 3 is 2.53 bits per heavy atom. The first-order chi connectivity index (χ1) is 17.2. The number of benzene rings is 1. The summed E-state index contributed by atoms with van der Waals surface area (Å²) in [6.45, 7) is 9.30. The number of piperazine rings is 1. The normalized spacial score (nSPS) is 20.3. The van der Waals surface area contributed by atoms with E-state index in [0.29, 0.717) is 63.4 Å². The topological polar surface area (TPSA) is 111 Å². The lowest BCUT2D eigenvalue weighted by Gasteiger charge is -2.46. The number of ether oxygens (including phenoxy) is 1. The van der Waals surface area contributed by atoms with Crippen molar-refractivity contribution in [2.45, 2.75) is 45.3 Å². The van der Waals surface area contributed by atoms with Gasteiger partial charge >= 0.3 is 6.09 Å². The van der Waals surface area contributed by atoms with E-state index >= 15 is 0 Å². The van der Waals surface area contributed by atoms with Crippen LogP contribution < -0.4 is 10.2 Å². The van der Waals surface area contributed by atoms with Gasteiger partial charge in [-0.25, -0.2) is 4.79 Å². The van der Waals surface area contributed by atoms with Crippen LogP contribution in [0.15, 0.2) is 30.3 Å². The smallest absolute Gasteiger partial charge is 0.410 e. The van der Waals surface area contributed by atoms with Crippen LogP contribution in [0.2, 0.25) is 0 Å². The molecule has 0 aliphatic carbocycles.